The van der Waals surface area contributed by atoms with Crippen molar-refractivity contribution in [3.05, 3.63) is 35.4 Å². The first-order valence-electron chi connectivity index (χ1n) is 7.00. The number of hydrogen-bond acceptors (Lipinski definition) is 1. The van der Waals surface area contributed by atoms with Crippen LogP contribution in [0.25, 0.3) is 0 Å². The Hall–Kier alpha value is -0.820. The van der Waals surface area contributed by atoms with E-state index >= 15 is 0 Å². The van der Waals surface area contributed by atoms with Crippen molar-refractivity contribution in [1.82, 2.24) is 5.32 Å². The van der Waals surface area contributed by atoms with Gasteiger partial charge in [0.05, 0.1) is 0 Å². The highest BCUT2D eigenvalue weighted by Crippen LogP contribution is 2.16. The number of aryl methyl sites for hydroxylation is 1. The van der Waals surface area contributed by atoms with Crippen LogP contribution in [0.3, 0.4) is 0 Å². The number of nitrogens with one attached hydrogen (secondary N) is 1. The summed E-state index contributed by atoms with van der Waals surface area (Å²) in [6, 6.07) is 9.99. The first kappa shape index (κ1) is 14.2. The normalized spacial score (nSPS) is 13.0. The van der Waals surface area contributed by atoms with Crippen LogP contribution in [0.15, 0.2) is 24.3 Å². The predicted molar refractivity (Wildman–Crippen MR) is 76.3 cm³/mol. The highest BCUT2D eigenvalue weighted by Gasteiger charge is 2.11. The van der Waals surface area contributed by atoms with Gasteiger partial charge in [-0.1, -0.05) is 56.5 Å². The summed E-state index contributed by atoms with van der Waals surface area (Å²) in [4.78, 5) is 0. The zero-order chi connectivity index (χ0) is 12.7. The Morgan fingerprint density at radius 2 is 1.53 bits per heavy atom. The highest BCUT2D eigenvalue weighted by molar-refractivity contribution is 5.23. The van der Waals surface area contributed by atoms with Crippen LogP contribution in [0, 0.1) is 6.92 Å². The summed E-state index contributed by atoms with van der Waals surface area (Å²) in [7, 11) is 0. The zero-order valence-electron chi connectivity index (χ0n) is 11.8. The molecule has 17 heavy (non-hydrogen) atoms. The minimum Gasteiger partial charge on any atom is -0.307 e. The summed E-state index contributed by atoms with van der Waals surface area (Å²) in [5, 5.41) is 3.75. The fraction of sp³-hybridized carbons (Fsp3) is 0.625. The summed E-state index contributed by atoms with van der Waals surface area (Å²) in [6.45, 7) is 8.93. The van der Waals surface area contributed by atoms with Crippen molar-refractivity contribution in [3.8, 4) is 0 Å². The van der Waals surface area contributed by atoms with Gasteiger partial charge in [-0.3, -0.25) is 0 Å². The van der Waals surface area contributed by atoms with Crippen molar-refractivity contribution in [2.24, 2.45) is 0 Å². The Balaban J connectivity index is 2.56. The van der Waals surface area contributed by atoms with Gasteiger partial charge in [-0.2, -0.15) is 0 Å². The fourth-order valence-electron chi connectivity index (χ4n) is 2.31. The Bertz CT molecular complexity index is 296. The fourth-order valence-corrected chi connectivity index (χ4v) is 2.31. The van der Waals surface area contributed by atoms with Crippen molar-refractivity contribution >= 4 is 0 Å². The lowest BCUT2D eigenvalue weighted by atomic mass is 10.0. The highest BCUT2D eigenvalue weighted by atomic mass is 14.9. The Morgan fingerprint density at radius 1 is 1.00 bits per heavy atom. The largest absolute Gasteiger partial charge is 0.307 e. The third kappa shape index (κ3) is 4.91. The molecule has 0 spiro atoms. The van der Waals surface area contributed by atoms with E-state index in [4.69, 9.17) is 0 Å². The number of benzene rings is 1. The summed E-state index contributed by atoms with van der Waals surface area (Å²) >= 11 is 0. The van der Waals surface area contributed by atoms with Gasteiger partial charge >= 0.3 is 0 Å². The molecule has 1 nitrogen and oxygen atoms in total. The van der Waals surface area contributed by atoms with Crippen LogP contribution in [-0.2, 0) is 0 Å². The van der Waals surface area contributed by atoms with Crippen LogP contribution in [0.5, 0.6) is 0 Å². The molecule has 1 aromatic carbocycles. The second-order valence-corrected chi connectivity index (χ2v) is 5.07. The summed E-state index contributed by atoms with van der Waals surface area (Å²) in [5.41, 5.74) is 2.73. The molecular weight excluding hydrogens is 206 g/mol. The van der Waals surface area contributed by atoms with Crippen LogP contribution >= 0.6 is 0 Å². The second kappa shape index (κ2) is 7.50. The van der Waals surface area contributed by atoms with Crippen molar-refractivity contribution in [2.45, 2.75) is 65.5 Å². The quantitative estimate of drug-likeness (QED) is 0.725. The van der Waals surface area contributed by atoms with E-state index in [2.05, 4.69) is 57.3 Å². The molecule has 0 aliphatic rings. The second-order valence-electron chi connectivity index (χ2n) is 5.07. The van der Waals surface area contributed by atoms with E-state index in [1.807, 2.05) is 0 Å². The van der Waals surface area contributed by atoms with Crippen LogP contribution < -0.4 is 5.32 Å². The van der Waals surface area contributed by atoms with E-state index in [0.717, 1.165) is 0 Å². The number of hydrogen-bond donors (Lipinski definition) is 1. The van der Waals surface area contributed by atoms with E-state index in [1.165, 1.54) is 36.8 Å². The molecule has 0 bridgehead atoms. The molecule has 0 fully saturated rings. The molecule has 0 aliphatic heterocycles. The molecule has 1 heteroatoms. The third-order valence-corrected chi connectivity index (χ3v) is 3.34. The Kier molecular flexibility index (Phi) is 6.28. The average molecular weight is 233 g/mol. The Morgan fingerprint density at radius 3 is 2.00 bits per heavy atom. The minimum absolute atomic E-state index is 0.457. The van der Waals surface area contributed by atoms with E-state index in [9.17, 15) is 0 Å². The van der Waals surface area contributed by atoms with E-state index in [1.54, 1.807) is 0 Å². The van der Waals surface area contributed by atoms with E-state index in [-0.39, 0.29) is 0 Å². The third-order valence-electron chi connectivity index (χ3n) is 3.34. The number of rotatable bonds is 7. The maximum absolute atomic E-state index is 3.75. The molecule has 0 saturated carbocycles. The minimum atomic E-state index is 0.457. The maximum atomic E-state index is 3.75. The molecular formula is C16H27N. The summed E-state index contributed by atoms with van der Waals surface area (Å²) in [6.07, 6.45) is 5.09. The Labute approximate surface area is 107 Å². The first-order valence-corrected chi connectivity index (χ1v) is 7.00. The van der Waals surface area contributed by atoms with Crippen LogP contribution in [0.2, 0.25) is 0 Å². The van der Waals surface area contributed by atoms with Crippen LogP contribution in [0.1, 0.15) is 63.6 Å². The average Bonchev–Trinajstić information content (AvgIpc) is 2.30. The van der Waals surface area contributed by atoms with Crippen molar-refractivity contribution in [3.63, 3.8) is 0 Å². The summed E-state index contributed by atoms with van der Waals surface area (Å²) in [5.74, 6) is 0. The van der Waals surface area contributed by atoms with Gasteiger partial charge in [-0.25, -0.2) is 0 Å². The molecule has 1 aromatic rings. The van der Waals surface area contributed by atoms with Crippen molar-refractivity contribution in [1.29, 1.82) is 0 Å². The van der Waals surface area contributed by atoms with Crippen molar-refractivity contribution < 1.29 is 0 Å². The van der Waals surface area contributed by atoms with E-state index < -0.39 is 0 Å². The first-order chi connectivity index (χ1) is 8.17. The molecule has 1 atom stereocenters. The monoisotopic (exact) mass is 233 g/mol. The van der Waals surface area contributed by atoms with Crippen LogP contribution in [0.4, 0.5) is 0 Å². The van der Waals surface area contributed by atoms with Crippen molar-refractivity contribution in [2.75, 3.05) is 0 Å². The SMILES string of the molecule is CCCC(CCC)N[C@@H](C)c1ccc(C)cc1. The molecule has 0 radical (unpaired) electrons. The molecule has 1 rings (SSSR count). The molecule has 0 heterocycles. The van der Waals surface area contributed by atoms with Gasteiger partial charge in [0.1, 0.15) is 0 Å². The standard InChI is InChI=1S/C16H27N/c1-5-7-16(8-6-2)17-14(4)15-11-9-13(3)10-12-15/h9-12,14,16-17H,5-8H2,1-4H3/t14-/m0/s1. The lowest BCUT2D eigenvalue weighted by Gasteiger charge is -2.23. The predicted octanol–water partition coefficient (Wildman–Crippen LogP) is 4.61. The van der Waals surface area contributed by atoms with Gasteiger partial charge in [-0.05, 0) is 32.3 Å². The van der Waals surface area contributed by atoms with Gasteiger partial charge in [0, 0.05) is 12.1 Å². The lowest BCUT2D eigenvalue weighted by Crippen LogP contribution is -2.31. The van der Waals surface area contributed by atoms with Gasteiger partial charge in [0.15, 0.2) is 0 Å². The smallest absolute Gasteiger partial charge is 0.0294 e. The van der Waals surface area contributed by atoms with Gasteiger partial charge in [-0.15, -0.1) is 0 Å². The van der Waals surface area contributed by atoms with Crippen LogP contribution in [-0.4, -0.2) is 6.04 Å². The molecule has 0 unspecified atom stereocenters. The van der Waals surface area contributed by atoms with E-state index in [0.29, 0.717) is 12.1 Å². The molecule has 0 amide bonds. The zero-order valence-corrected chi connectivity index (χ0v) is 11.8. The molecule has 0 aromatic heterocycles. The molecule has 0 aliphatic carbocycles. The molecule has 96 valence electrons. The topological polar surface area (TPSA) is 12.0 Å². The summed E-state index contributed by atoms with van der Waals surface area (Å²) < 4.78 is 0. The van der Waals surface area contributed by atoms with Gasteiger partial charge in [0.2, 0.25) is 0 Å². The molecule has 0 saturated heterocycles. The lowest BCUT2D eigenvalue weighted by molar-refractivity contribution is 0.402. The van der Waals surface area contributed by atoms with Gasteiger partial charge < -0.3 is 5.32 Å². The maximum Gasteiger partial charge on any atom is 0.0294 e. The molecule has 1 N–H and O–H groups in total. The van der Waals surface area contributed by atoms with Gasteiger partial charge in [0.25, 0.3) is 0 Å².